The Kier molecular flexibility index (Phi) is 7.13. The predicted molar refractivity (Wildman–Crippen MR) is 61.9 cm³/mol. The molecule has 18 heavy (non-hydrogen) atoms. The number of allylic oxidation sites excluding steroid dienone is 3. The normalized spacial score (nSPS) is 23.3. The molecule has 0 saturated heterocycles. The number of amides is 2. The van der Waals surface area contributed by atoms with E-state index in [4.69, 9.17) is 0 Å². The SMILES string of the molecule is C=CCC1(CC=CCC)C(=O)N=C([O-])NC1=O.[Na+]. The second-order valence-electron chi connectivity index (χ2n) is 3.83. The van der Waals surface area contributed by atoms with Gasteiger partial charge in [-0.25, -0.2) is 4.99 Å². The van der Waals surface area contributed by atoms with Crippen LogP contribution in [-0.4, -0.2) is 17.8 Å². The number of amidine groups is 1. The maximum Gasteiger partial charge on any atom is 1.00 e. The Hall–Kier alpha value is -0.910. The Morgan fingerprint density at radius 2 is 2.06 bits per heavy atom. The monoisotopic (exact) mass is 258 g/mol. The standard InChI is InChI=1S/C12H16N2O3.Na/c1-3-5-6-8-12(7-4-2)9(15)13-11(17)14-10(12)16;/h4-6H,2-3,7-8H2,1H3,(H2,13,14,15,16,17);/q;+1/p-1. The fourth-order valence-corrected chi connectivity index (χ4v) is 1.68. The molecular formula is C12H15N2NaO3. The molecule has 0 aliphatic carbocycles. The van der Waals surface area contributed by atoms with Crippen LogP contribution in [0, 0.1) is 5.41 Å². The van der Waals surface area contributed by atoms with Crippen LogP contribution in [0.25, 0.3) is 0 Å². The summed E-state index contributed by atoms with van der Waals surface area (Å²) in [5.41, 5.74) is -1.30. The van der Waals surface area contributed by atoms with Crippen LogP contribution < -0.4 is 40.0 Å². The molecule has 2 amide bonds. The first-order valence-corrected chi connectivity index (χ1v) is 5.44. The van der Waals surface area contributed by atoms with E-state index in [0.717, 1.165) is 6.42 Å². The predicted octanol–water partition coefficient (Wildman–Crippen LogP) is -2.72. The van der Waals surface area contributed by atoms with Gasteiger partial charge in [0.2, 0.25) is 5.91 Å². The van der Waals surface area contributed by atoms with E-state index in [1.807, 2.05) is 13.0 Å². The third-order valence-electron chi connectivity index (χ3n) is 2.63. The van der Waals surface area contributed by atoms with Crippen LogP contribution in [-0.2, 0) is 9.59 Å². The van der Waals surface area contributed by atoms with E-state index in [-0.39, 0.29) is 42.4 Å². The molecular weight excluding hydrogens is 243 g/mol. The molecule has 1 aliphatic heterocycles. The first-order chi connectivity index (χ1) is 8.06. The van der Waals surface area contributed by atoms with Crippen molar-refractivity contribution in [3.8, 4) is 0 Å². The fraction of sp³-hybridized carbons (Fsp3) is 0.417. The van der Waals surface area contributed by atoms with E-state index < -0.39 is 23.3 Å². The molecule has 1 atom stereocenters. The summed E-state index contributed by atoms with van der Waals surface area (Å²) < 4.78 is 0. The molecule has 92 valence electrons. The van der Waals surface area contributed by atoms with E-state index >= 15 is 0 Å². The van der Waals surface area contributed by atoms with Crippen LogP contribution in [0.1, 0.15) is 26.2 Å². The van der Waals surface area contributed by atoms with Gasteiger partial charge in [-0.3, -0.25) is 9.59 Å². The van der Waals surface area contributed by atoms with Gasteiger partial charge in [0.15, 0.2) is 0 Å². The van der Waals surface area contributed by atoms with Crippen LogP contribution in [0.2, 0.25) is 0 Å². The van der Waals surface area contributed by atoms with E-state index in [0.29, 0.717) is 0 Å². The van der Waals surface area contributed by atoms with Crippen molar-refractivity contribution in [1.82, 2.24) is 5.32 Å². The van der Waals surface area contributed by atoms with Crippen LogP contribution >= 0.6 is 0 Å². The minimum absolute atomic E-state index is 0. The minimum atomic E-state index is -1.30. The molecule has 1 N–H and O–H groups in total. The van der Waals surface area contributed by atoms with Crippen molar-refractivity contribution in [2.24, 2.45) is 10.4 Å². The van der Waals surface area contributed by atoms with Crippen molar-refractivity contribution < 1.29 is 44.3 Å². The summed E-state index contributed by atoms with van der Waals surface area (Å²) in [6, 6.07) is -0.890. The zero-order valence-corrected chi connectivity index (χ0v) is 12.7. The van der Waals surface area contributed by atoms with Gasteiger partial charge in [0.1, 0.15) is 5.41 Å². The van der Waals surface area contributed by atoms with Gasteiger partial charge in [-0.05, 0) is 19.3 Å². The smallest absolute Gasteiger partial charge is 0.846 e. The molecule has 1 heterocycles. The van der Waals surface area contributed by atoms with Crippen molar-refractivity contribution in [2.45, 2.75) is 26.2 Å². The van der Waals surface area contributed by atoms with Gasteiger partial charge in [-0.15, -0.1) is 6.58 Å². The number of rotatable bonds is 5. The summed E-state index contributed by atoms with van der Waals surface area (Å²) in [7, 11) is 0. The molecule has 5 nitrogen and oxygen atoms in total. The number of nitrogens with zero attached hydrogens (tertiary/aromatic N) is 1. The molecule has 1 unspecified atom stereocenters. The first kappa shape index (κ1) is 17.1. The Morgan fingerprint density at radius 1 is 1.39 bits per heavy atom. The Balaban J connectivity index is 0.00000289. The molecule has 0 radical (unpaired) electrons. The van der Waals surface area contributed by atoms with E-state index in [1.165, 1.54) is 6.08 Å². The molecule has 0 saturated carbocycles. The number of nitrogens with one attached hydrogen (secondary N) is 1. The van der Waals surface area contributed by atoms with Crippen molar-refractivity contribution in [3.05, 3.63) is 24.8 Å². The zero-order chi connectivity index (χ0) is 12.9. The maximum atomic E-state index is 11.8. The number of hydrogen-bond donors (Lipinski definition) is 1. The molecule has 1 aliphatic rings. The van der Waals surface area contributed by atoms with Crippen molar-refractivity contribution in [1.29, 1.82) is 0 Å². The van der Waals surface area contributed by atoms with Crippen LogP contribution in [0.5, 0.6) is 0 Å². The van der Waals surface area contributed by atoms with Gasteiger partial charge in [-0.2, -0.15) is 0 Å². The van der Waals surface area contributed by atoms with Crippen molar-refractivity contribution in [3.63, 3.8) is 0 Å². The average molecular weight is 258 g/mol. The summed E-state index contributed by atoms with van der Waals surface area (Å²) in [6.45, 7) is 5.48. The maximum absolute atomic E-state index is 11.8. The van der Waals surface area contributed by atoms with Gasteiger partial charge >= 0.3 is 29.6 Å². The van der Waals surface area contributed by atoms with Gasteiger partial charge in [0.25, 0.3) is 5.91 Å². The van der Waals surface area contributed by atoms with E-state index in [9.17, 15) is 14.7 Å². The van der Waals surface area contributed by atoms with Crippen LogP contribution in [0.3, 0.4) is 0 Å². The molecule has 0 bridgehead atoms. The van der Waals surface area contributed by atoms with E-state index in [1.54, 1.807) is 6.08 Å². The second-order valence-corrected chi connectivity index (χ2v) is 3.83. The molecule has 0 aromatic heterocycles. The Bertz CT molecular complexity index is 404. The molecule has 0 fully saturated rings. The van der Waals surface area contributed by atoms with Gasteiger partial charge in [0, 0.05) is 0 Å². The van der Waals surface area contributed by atoms with Crippen molar-refractivity contribution in [2.75, 3.05) is 0 Å². The van der Waals surface area contributed by atoms with Crippen LogP contribution in [0.15, 0.2) is 29.8 Å². The third kappa shape index (κ3) is 3.54. The second kappa shape index (κ2) is 7.51. The number of carbonyl (C=O) groups excluding carboxylic acids is 2. The Morgan fingerprint density at radius 3 is 2.56 bits per heavy atom. The van der Waals surface area contributed by atoms with Crippen LogP contribution in [0.4, 0.5) is 0 Å². The molecule has 6 heteroatoms. The fourth-order valence-electron chi connectivity index (χ4n) is 1.68. The molecule has 0 aromatic carbocycles. The topological polar surface area (TPSA) is 81.6 Å². The minimum Gasteiger partial charge on any atom is -0.846 e. The Labute approximate surface area is 128 Å². The third-order valence-corrected chi connectivity index (χ3v) is 2.63. The number of aliphatic imine (C=N–C) groups is 1. The summed E-state index contributed by atoms with van der Waals surface area (Å²) in [5.74, 6) is -1.28. The molecule has 0 aromatic rings. The molecule has 0 spiro atoms. The summed E-state index contributed by atoms with van der Waals surface area (Å²) in [6.07, 6.45) is 6.32. The summed E-state index contributed by atoms with van der Waals surface area (Å²) in [5, 5.41) is 13.0. The average Bonchev–Trinajstić information content (AvgIpc) is 2.25. The van der Waals surface area contributed by atoms with Gasteiger partial charge in [-0.1, -0.05) is 25.2 Å². The number of hydrogen-bond acceptors (Lipinski definition) is 3. The largest absolute Gasteiger partial charge is 1.00 e. The number of carbonyl (C=O) groups is 2. The summed E-state index contributed by atoms with van der Waals surface area (Å²) >= 11 is 0. The zero-order valence-electron chi connectivity index (χ0n) is 10.7. The molecule has 1 rings (SSSR count). The quantitative estimate of drug-likeness (QED) is 0.330. The summed E-state index contributed by atoms with van der Waals surface area (Å²) in [4.78, 5) is 26.9. The van der Waals surface area contributed by atoms with Gasteiger partial charge < -0.3 is 10.4 Å². The van der Waals surface area contributed by atoms with E-state index in [2.05, 4.69) is 16.9 Å². The first-order valence-electron chi connectivity index (χ1n) is 5.44. The van der Waals surface area contributed by atoms with Crippen molar-refractivity contribution >= 4 is 17.8 Å². The van der Waals surface area contributed by atoms with Gasteiger partial charge in [0.05, 0.1) is 6.02 Å².